The van der Waals surface area contributed by atoms with E-state index in [4.69, 9.17) is 21.1 Å². The van der Waals surface area contributed by atoms with E-state index < -0.39 is 5.91 Å². The van der Waals surface area contributed by atoms with Crippen molar-refractivity contribution >= 4 is 34.7 Å². The molecule has 0 aromatic heterocycles. The molecule has 0 radical (unpaired) electrons. The van der Waals surface area contributed by atoms with Crippen LogP contribution < -0.4 is 14.8 Å². The van der Waals surface area contributed by atoms with Crippen LogP contribution in [0.5, 0.6) is 11.5 Å². The van der Waals surface area contributed by atoms with Crippen LogP contribution in [0.25, 0.3) is 5.57 Å². The number of hydrogen-bond donors (Lipinski definition) is 1. The Labute approximate surface area is 191 Å². The highest BCUT2D eigenvalue weighted by Gasteiger charge is 2.39. The number of amides is 2. The van der Waals surface area contributed by atoms with E-state index in [1.165, 1.54) is 12.0 Å². The lowest BCUT2D eigenvalue weighted by Crippen LogP contribution is -2.32. The summed E-state index contributed by atoms with van der Waals surface area (Å²) in [5, 5.41) is 3.72. The second-order valence-electron chi connectivity index (χ2n) is 7.13. The monoisotopic (exact) mass is 448 g/mol. The molecular weight excluding hydrogens is 428 g/mol. The molecule has 4 rings (SSSR count). The SMILES string of the molecule is COc1ccc(NC2=C(c3ccccc3)C(=O)N(Cc3ccc(Cl)cc3)C2=O)c(OC)c1. The molecule has 0 spiro atoms. The van der Waals surface area contributed by atoms with Crippen molar-refractivity contribution in [3.05, 3.63) is 94.6 Å². The lowest BCUT2D eigenvalue weighted by molar-refractivity contribution is -0.137. The number of benzene rings is 3. The fourth-order valence-electron chi connectivity index (χ4n) is 3.52. The summed E-state index contributed by atoms with van der Waals surface area (Å²) in [6.07, 6.45) is 0. The molecule has 2 amide bonds. The highest BCUT2D eigenvalue weighted by atomic mass is 35.5. The molecule has 0 saturated carbocycles. The first-order valence-electron chi connectivity index (χ1n) is 9.91. The van der Waals surface area contributed by atoms with Crippen LogP contribution in [0.3, 0.4) is 0 Å². The Morgan fingerprint density at radius 3 is 2.25 bits per heavy atom. The van der Waals surface area contributed by atoms with Gasteiger partial charge >= 0.3 is 0 Å². The number of rotatable bonds is 7. The normalized spacial score (nSPS) is 13.5. The number of nitrogens with zero attached hydrogens (tertiary/aromatic N) is 1. The van der Waals surface area contributed by atoms with Crippen molar-refractivity contribution in [3.8, 4) is 11.5 Å². The van der Waals surface area contributed by atoms with Gasteiger partial charge in [-0.05, 0) is 35.4 Å². The third kappa shape index (κ3) is 4.18. The average Bonchev–Trinajstić information content (AvgIpc) is 3.05. The number of methoxy groups -OCH3 is 2. The van der Waals surface area contributed by atoms with Crippen molar-refractivity contribution in [2.24, 2.45) is 0 Å². The Morgan fingerprint density at radius 2 is 1.59 bits per heavy atom. The van der Waals surface area contributed by atoms with Crippen molar-refractivity contribution in [2.45, 2.75) is 6.54 Å². The largest absolute Gasteiger partial charge is 0.497 e. The number of nitrogens with one attached hydrogen (secondary N) is 1. The van der Waals surface area contributed by atoms with E-state index >= 15 is 0 Å². The molecule has 0 atom stereocenters. The first-order chi connectivity index (χ1) is 15.5. The van der Waals surface area contributed by atoms with E-state index in [9.17, 15) is 9.59 Å². The summed E-state index contributed by atoms with van der Waals surface area (Å²) >= 11 is 5.97. The van der Waals surface area contributed by atoms with Crippen molar-refractivity contribution in [2.75, 3.05) is 19.5 Å². The van der Waals surface area contributed by atoms with Gasteiger partial charge in [-0.1, -0.05) is 54.1 Å². The zero-order valence-electron chi connectivity index (χ0n) is 17.6. The van der Waals surface area contributed by atoms with E-state index in [1.807, 2.05) is 18.2 Å². The van der Waals surface area contributed by atoms with Gasteiger partial charge in [-0.2, -0.15) is 0 Å². The van der Waals surface area contributed by atoms with Crippen molar-refractivity contribution in [1.82, 2.24) is 4.90 Å². The molecule has 3 aromatic rings. The van der Waals surface area contributed by atoms with Crippen molar-refractivity contribution < 1.29 is 19.1 Å². The van der Waals surface area contributed by atoms with Gasteiger partial charge in [-0.25, -0.2) is 0 Å². The summed E-state index contributed by atoms with van der Waals surface area (Å²) in [6, 6.07) is 21.4. The van der Waals surface area contributed by atoms with Crippen molar-refractivity contribution in [3.63, 3.8) is 0 Å². The molecule has 32 heavy (non-hydrogen) atoms. The molecule has 0 fully saturated rings. The predicted octanol–water partition coefficient (Wildman–Crippen LogP) is 4.75. The maximum absolute atomic E-state index is 13.4. The van der Waals surface area contributed by atoms with E-state index in [0.717, 1.165) is 5.56 Å². The van der Waals surface area contributed by atoms with Gasteiger partial charge in [0.2, 0.25) is 0 Å². The first kappa shape index (κ1) is 21.5. The molecule has 1 N–H and O–H groups in total. The number of ether oxygens (including phenoxy) is 2. The summed E-state index contributed by atoms with van der Waals surface area (Å²) in [4.78, 5) is 28.0. The standard InChI is InChI=1S/C25H21ClN2O4/c1-31-19-12-13-20(21(14-19)32-2)27-23-22(17-6-4-3-5-7-17)24(29)28(25(23)30)15-16-8-10-18(26)11-9-16/h3-14,27H,15H2,1-2H3. The average molecular weight is 449 g/mol. The van der Waals surface area contributed by atoms with Gasteiger partial charge in [0, 0.05) is 11.1 Å². The number of anilines is 1. The summed E-state index contributed by atoms with van der Waals surface area (Å²) in [5.74, 6) is 0.316. The van der Waals surface area contributed by atoms with E-state index in [-0.39, 0.29) is 18.1 Å². The van der Waals surface area contributed by atoms with E-state index in [1.54, 1.807) is 61.7 Å². The number of carbonyl (C=O) groups excluding carboxylic acids is 2. The van der Waals surface area contributed by atoms with Gasteiger partial charge in [-0.3, -0.25) is 14.5 Å². The molecule has 162 valence electrons. The van der Waals surface area contributed by atoms with Gasteiger partial charge in [0.25, 0.3) is 11.8 Å². The first-order valence-corrected chi connectivity index (χ1v) is 10.3. The zero-order valence-corrected chi connectivity index (χ0v) is 18.3. The van der Waals surface area contributed by atoms with Crippen molar-refractivity contribution in [1.29, 1.82) is 0 Å². The molecule has 1 heterocycles. The minimum Gasteiger partial charge on any atom is -0.497 e. The highest BCUT2D eigenvalue weighted by Crippen LogP contribution is 2.35. The highest BCUT2D eigenvalue weighted by molar-refractivity contribution is 6.36. The Balaban J connectivity index is 1.74. The van der Waals surface area contributed by atoms with Crippen LogP contribution in [0.2, 0.25) is 5.02 Å². The molecule has 1 aliphatic heterocycles. The lowest BCUT2D eigenvalue weighted by Gasteiger charge is -2.16. The molecule has 6 nitrogen and oxygen atoms in total. The van der Waals surface area contributed by atoms with Crippen LogP contribution in [-0.4, -0.2) is 30.9 Å². The van der Waals surface area contributed by atoms with E-state index in [2.05, 4.69) is 5.32 Å². The fourth-order valence-corrected chi connectivity index (χ4v) is 3.64. The van der Waals surface area contributed by atoms with Gasteiger partial charge in [-0.15, -0.1) is 0 Å². The van der Waals surface area contributed by atoms with Gasteiger partial charge < -0.3 is 14.8 Å². The van der Waals surface area contributed by atoms with Crippen LogP contribution in [-0.2, 0) is 16.1 Å². The van der Waals surface area contributed by atoms with Gasteiger partial charge in [0.1, 0.15) is 17.2 Å². The molecule has 0 bridgehead atoms. The quantitative estimate of drug-likeness (QED) is 0.528. The Hall–Kier alpha value is -3.77. The molecule has 1 aliphatic rings. The molecule has 0 unspecified atom stereocenters. The summed E-state index contributed by atoms with van der Waals surface area (Å²) in [7, 11) is 3.09. The van der Waals surface area contributed by atoms with Crippen LogP contribution in [0.15, 0.2) is 78.5 Å². The molecule has 3 aromatic carbocycles. The maximum atomic E-state index is 13.4. The number of hydrogen-bond acceptors (Lipinski definition) is 5. The number of carbonyl (C=O) groups is 2. The second kappa shape index (κ2) is 9.16. The topological polar surface area (TPSA) is 67.9 Å². The molecular formula is C25H21ClN2O4. The van der Waals surface area contributed by atoms with Crippen LogP contribution in [0, 0.1) is 0 Å². The second-order valence-corrected chi connectivity index (χ2v) is 7.57. The van der Waals surface area contributed by atoms with E-state index in [0.29, 0.717) is 33.3 Å². The van der Waals surface area contributed by atoms with Gasteiger partial charge in [0.05, 0.1) is 32.0 Å². The summed E-state index contributed by atoms with van der Waals surface area (Å²) in [6.45, 7) is 0.135. The maximum Gasteiger partial charge on any atom is 0.278 e. The third-order valence-corrected chi connectivity index (χ3v) is 5.40. The smallest absolute Gasteiger partial charge is 0.278 e. The number of imide groups is 1. The summed E-state index contributed by atoms with van der Waals surface area (Å²) in [5.41, 5.74) is 2.50. The Bertz CT molecular complexity index is 1190. The lowest BCUT2D eigenvalue weighted by atomic mass is 10.0. The third-order valence-electron chi connectivity index (χ3n) is 5.15. The van der Waals surface area contributed by atoms with Crippen LogP contribution in [0.1, 0.15) is 11.1 Å². The molecule has 0 aliphatic carbocycles. The molecule has 0 saturated heterocycles. The van der Waals surface area contributed by atoms with Crippen LogP contribution >= 0.6 is 11.6 Å². The summed E-state index contributed by atoms with van der Waals surface area (Å²) < 4.78 is 10.7. The fraction of sp³-hybridized carbons (Fsp3) is 0.120. The van der Waals surface area contributed by atoms with Gasteiger partial charge in [0.15, 0.2) is 0 Å². The van der Waals surface area contributed by atoms with Crippen LogP contribution in [0.4, 0.5) is 5.69 Å². The minimum atomic E-state index is -0.415. The zero-order chi connectivity index (χ0) is 22.7. The predicted molar refractivity (Wildman–Crippen MR) is 124 cm³/mol. The number of halogens is 1. The minimum absolute atomic E-state index is 0.135. The Morgan fingerprint density at radius 1 is 0.875 bits per heavy atom. The Kier molecular flexibility index (Phi) is 6.14. The molecule has 7 heteroatoms.